The number of anilines is 1. The van der Waals surface area contributed by atoms with Gasteiger partial charge in [-0.05, 0) is 30.5 Å². The van der Waals surface area contributed by atoms with Crippen LogP contribution in [0.2, 0.25) is 15.1 Å². The van der Waals surface area contributed by atoms with E-state index in [4.69, 9.17) is 39.5 Å². The van der Waals surface area contributed by atoms with Crippen molar-refractivity contribution in [3.8, 4) is 0 Å². The smallest absolute Gasteiger partial charge is 0.285 e. The van der Waals surface area contributed by atoms with Gasteiger partial charge in [0.05, 0.1) is 34.6 Å². The van der Waals surface area contributed by atoms with Gasteiger partial charge in [-0.3, -0.25) is 4.79 Å². The molecule has 0 radical (unpaired) electrons. The molecule has 1 aliphatic heterocycles. The summed E-state index contributed by atoms with van der Waals surface area (Å²) < 4.78 is 5.96. The molecule has 0 amide bonds. The Morgan fingerprint density at radius 1 is 1.21 bits per heavy atom. The molecule has 128 valence electrons. The fraction of sp³-hybridized carbons (Fsp3) is 0.375. The molecule has 1 N–H and O–H groups in total. The normalized spacial score (nSPS) is 15.7. The van der Waals surface area contributed by atoms with Gasteiger partial charge < -0.3 is 9.64 Å². The molecule has 2 heterocycles. The highest BCUT2D eigenvalue weighted by molar-refractivity contribution is 6.42. The summed E-state index contributed by atoms with van der Waals surface area (Å²) >= 11 is 18.0. The molecule has 3 rings (SSSR count). The van der Waals surface area contributed by atoms with Crippen LogP contribution in [0, 0.1) is 0 Å². The van der Waals surface area contributed by atoms with Gasteiger partial charge in [0.1, 0.15) is 5.02 Å². The Kier molecular flexibility index (Phi) is 5.66. The van der Waals surface area contributed by atoms with Crippen LogP contribution in [0.25, 0.3) is 0 Å². The highest BCUT2D eigenvalue weighted by Gasteiger charge is 2.22. The van der Waals surface area contributed by atoms with Gasteiger partial charge in [0.2, 0.25) is 0 Å². The Labute approximate surface area is 154 Å². The first-order valence-electron chi connectivity index (χ1n) is 7.58. The number of aromatic amines is 1. The Balaban J connectivity index is 1.54. The molecule has 0 aliphatic carbocycles. The Morgan fingerprint density at radius 3 is 2.67 bits per heavy atom. The van der Waals surface area contributed by atoms with E-state index in [0.29, 0.717) is 22.3 Å². The van der Waals surface area contributed by atoms with Gasteiger partial charge in [-0.1, -0.05) is 40.9 Å². The number of benzene rings is 1. The van der Waals surface area contributed by atoms with Crippen LogP contribution < -0.4 is 10.5 Å². The molecule has 0 unspecified atom stereocenters. The number of hydrogen-bond donors (Lipinski definition) is 1. The number of nitrogens with one attached hydrogen (secondary N) is 1. The maximum atomic E-state index is 11.5. The monoisotopic (exact) mass is 387 g/mol. The second-order valence-corrected chi connectivity index (χ2v) is 6.84. The highest BCUT2D eigenvalue weighted by atomic mass is 35.5. The molecule has 0 saturated carbocycles. The van der Waals surface area contributed by atoms with Crippen LogP contribution in [0.15, 0.2) is 29.2 Å². The molecule has 8 heteroatoms. The number of ether oxygens (including phenoxy) is 1. The van der Waals surface area contributed by atoms with Gasteiger partial charge in [0.15, 0.2) is 0 Å². The molecule has 1 fully saturated rings. The topological polar surface area (TPSA) is 58.2 Å². The third kappa shape index (κ3) is 4.03. The van der Waals surface area contributed by atoms with Crippen molar-refractivity contribution in [3.05, 3.63) is 55.4 Å². The van der Waals surface area contributed by atoms with E-state index in [1.807, 2.05) is 12.1 Å². The van der Waals surface area contributed by atoms with Gasteiger partial charge in [0.25, 0.3) is 5.56 Å². The molecular weight excluding hydrogens is 373 g/mol. The zero-order valence-electron chi connectivity index (χ0n) is 12.8. The molecule has 0 spiro atoms. The van der Waals surface area contributed by atoms with Crippen molar-refractivity contribution in [2.24, 2.45) is 0 Å². The zero-order valence-corrected chi connectivity index (χ0v) is 15.0. The van der Waals surface area contributed by atoms with E-state index in [-0.39, 0.29) is 16.7 Å². The second-order valence-electron chi connectivity index (χ2n) is 5.64. The van der Waals surface area contributed by atoms with Crippen molar-refractivity contribution in [3.63, 3.8) is 0 Å². The summed E-state index contributed by atoms with van der Waals surface area (Å²) in [6.45, 7) is 2.02. The van der Waals surface area contributed by atoms with Crippen LogP contribution in [0.1, 0.15) is 18.4 Å². The summed E-state index contributed by atoms with van der Waals surface area (Å²) in [5.41, 5.74) is 1.30. The van der Waals surface area contributed by atoms with Crippen molar-refractivity contribution in [2.45, 2.75) is 25.6 Å². The molecular formula is C16H16Cl3N3O2. The lowest BCUT2D eigenvalue weighted by Gasteiger charge is -2.33. The van der Waals surface area contributed by atoms with Crippen LogP contribution in [0.3, 0.4) is 0 Å². The van der Waals surface area contributed by atoms with Gasteiger partial charge in [-0.2, -0.15) is 5.10 Å². The number of halogens is 3. The largest absolute Gasteiger partial charge is 0.373 e. The first kappa shape index (κ1) is 17.5. The van der Waals surface area contributed by atoms with E-state index >= 15 is 0 Å². The quantitative estimate of drug-likeness (QED) is 0.862. The molecule has 5 nitrogen and oxygen atoms in total. The van der Waals surface area contributed by atoms with Crippen LogP contribution in [-0.4, -0.2) is 29.4 Å². The molecule has 1 aromatic heterocycles. The number of nitrogens with zero attached hydrogens (tertiary/aromatic N) is 2. The molecule has 0 bridgehead atoms. The molecule has 0 atom stereocenters. The predicted octanol–water partition coefficient (Wildman–Crippen LogP) is 3.92. The number of piperidine rings is 1. The van der Waals surface area contributed by atoms with E-state index in [2.05, 4.69) is 15.1 Å². The molecule has 1 aliphatic rings. The summed E-state index contributed by atoms with van der Waals surface area (Å²) in [7, 11) is 0. The average Bonchev–Trinajstić information content (AvgIpc) is 2.59. The van der Waals surface area contributed by atoms with E-state index in [1.54, 1.807) is 12.3 Å². The SMILES string of the molecule is O=c1[nH]ncc(N2CCC(OCc3ccc(Cl)c(Cl)c3)CC2)c1Cl. The van der Waals surface area contributed by atoms with Crippen molar-refractivity contribution in [1.29, 1.82) is 0 Å². The number of aromatic nitrogens is 2. The van der Waals surface area contributed by atoms with Crippen molar-refractivity contribution >= 4 is 40.5 Å². The molecule has 24 heavy (non-hydrogen) atoms. The van der Waals surface area contributed by atoms with E-state index in [9.17, 15) is 4.79 Å². The van der Waals surface area contributed by atoms with E-state index in [1.165, 1.54) is 0 Å². The molecule has 2 aromatic rings. The minimum absolute atomic E-state index is 0.157. The van der Waals surface area contributed by atoms with Gasteiger partial charge in [0, 0.05) is 13.1 Å². The lowest BCUT2D eigenvalue weighted by molar-refractivity contribution is 0.0251. The minimum Gasteiger partial charge on any atom is -0.373 e. The van der Waals surface area contributed by atoms with Crippen LogP contribution >= 0.6 is 34.8 Å². The number of H-pyrrole nitrogens is 1. The van der Waals surface area contributed by atoms with Gasteiger partial charge in [-0.25, -0.2) is 5.10 Å². The fourth-order valence-electron chi connectivity index (χ4n) is 2.70. The summed E-state index contributed by atoms with van der Waals surface area (Å²) in [6, 6.07) is 5.50. The standard InChI is InChI=1S/C16H16Cl3N3O2/c17-12-2-1-10(7-13(12)18)9-24-11-3-5-22(6-4-11)14-8-20-21-16(23)15(14)19/h1-2,7-8,11H,3-6,9H2,(H,21,23). The minimum atomic E-state index is -0.368. The third-order valence-electron chi connectivity index (χ3n) is 4.03. The maximum absolute atomic E-state index is 11.5. The highest BCUT2D eigenvalue weighted by Crippen LogP contribution is 2.26. The summed E-state index contributed by atoms with van der Waals surface area (Å²) in [6.07, 6.45) is 3.44. The molecule has 1 saturated heterocycles. The summed E-state index contributed by atoms with van der Waals surface area (Å²) in [5, 5.41) is 7.39. The maximum Gasteiger partial charge on any atom is 0.285 e. The van der Waals surface area contributed by atoms with Crippen LogP contribution in [0.5, 0.6) is 0 Å². The fourth-order valence-corrected chi connectivity index (χ4v) is 3.23. The van der Waals surface area contributed by atoms with Gasteiger partial charge >= 0.3 is 0 Å². The second kappa shape index (κ2) is 7.74. The van der Waals surface area contributed by atoms with Crippen molar-refractivity contribution in [1.82, 2.24) is 10.2 Å². The van der Waals surface area contributed by atoms with E-state index in [0.717, 1.165) is 31.5 Å². The predicted molar refractivity (Wildman–Crippen MR) is 96.4 cm³/mol. The first-order chi connectivity index (χ1) is 11.5. The lowest BCUT2D eigenvalue weighted by atomic mass is 10.1. The Bertz CT molecular complexity index is 773. The average molecular weight is 389 g/mol. The summed E-state index contributed by atoms with van der Waals surface area (Å²) in [4.78, 5) is 13.6. The number of rotatable bonds is 4. The molecule has 1 aromatic carbocycles. The lowest BCUT2D eigenvalue weighted by Crippen LogP contribution is -2.37. The van der Waals surface area contributed by atoms with Crippen LogP contribution in [-0.2, 0) is 11.3 Å². The summed E-state index contributed by atoms with van der Waals surface area (Å²) in [5.74, 6) is 0. The van der Waals surface area contributed by atoms with Crippen LogP contribution in [0.4, 0.5) is 5.69 Å². The third-order valence-corrected chi connectivity index (χ3v) is 5.13. The van der Waals surface area contributed by atoms with E-state index < -0.39 is 0 Å². The zero-order chi connectivity index (χ0) is 17.1. The van der Waals surface area contributed by atoms with Crippen molar-refractivity contribution < 1.29 is 4.74 Å². The first-order valence-corrected chi connectivity index (χ1v) is 8.71. The van der Waals surface area contributed by atoms with Crippen molar-refractivity contribution in [2.75, 3.05) is 18.0 Å². The Hall–Kier alpha value is -1.27. The number of hydrogen-bond acceptors (Lipinski definition) is 4. The Morgan fingerprint density at radius 2 is 1.96 bits per heavy atom. The van der Waals surface area contributed by atoms with Gasteiger partial charge in [-0.15, -0.1) is 0 Å².